The van der Waals surface area contributed by atoms with Crippen LogP contribution < -0.4 is 11.1 Å². The van der Waals surface area contributed by atoms with E-state index in [0.29, 0.717) is 11.7 Å². The van der Waals surface area contributed by atoms with E-state index in [1.165, 1.54) is 0 Å². The van der Waals surface area contributed by atoms with Gasteiger partial charge in [-0.05, 0) is 19.5 Å². The third-order valence-corrected chi connectivity index (χ3v) is 2.22. The van der Waals surface area contributed by atoms with Crippen LogP contribution in [0.3, 0.4) is 0 Å². The largest absolute Gasteiger partial charge is 0.330 e. The Bertz CT molecular complexity index is 259. The summed E-state index contributed by atoms with van der Waals surface area (Å²) in [6.07, 6.45) is 2.64. The summed E-state index contributed by atoms with van der Waals surface area (Å²) in [5.74, 6) is 0.946. The van der Waals surface area contributed by atoms with E-state index in [1.54, 1.807) is 6.20 Å². The van der Waals surface area contributed by atoms with Crippen LogP contribution in [0.5, 0.6) is 0 Å². The van der Waals surface area contributed by atoms with Crippen LogP contribution in [0.2, 0.25) is 5.15 Å². The zero-order valence-corrected chi connectivity index (χ0v) is 8.51. The van der Waals surface area contributed by atoms with E-state index in [4.69, 9.17) is 17.3 Å². The highest BCUT2D eigenvalue weighted by Gasteiger charge is 2.02. The van der Waals surface area contributed by atoms with Gasteiger partial charge < -0.3 is 15.6 Å². The summed E-state index contributed by atoms with van der Waals surface area (Å²) in [6.45, 7) is 2.37. The Morgan fingerprint density at radius 2 is 2.46 bits per heavy atom. The van der Waals surface area contributed by atoms with Crippen LogP contribution in [0.1, 0.15) is 12.2 Å². The summed E-state index contributed by atoms with van der Waals surface area (Å²) in [5.41, 5.74) is 5.36. The Morgan fingerprint density at radius 1 is 1.69 bits per heavy atom. The molecule has 0 fully saturated rings. The average molecular weight is 203 g/mol. The highest BCUT2D eigenvalue weighted by atomic mass is 35.5. The molecule has 1 rings (SSSR count). The highest BCUT2D eigenvalue weighted by molar-refractivity contribution is 6.29. The zero-order valence-electron chi connectivity index (χ0n) is 7.76. The second kappa shape index (κ2) is 5.21. The van der Waals surface area contributed by atoms with Crippen LogP contribution in [-0.4, -0.2) is 22.6 Å². The number of nitrogens with zero attached hydrogens (tertiary/aromatic N) is 2. The first-order valence-electron chi connectivity index (χ1n) is 4.32. The molecule has 0 aliphatic rings. The third kappa shape index (κ3) is 2.99. The molecular weight excluding hydrogens is 188 g/mol. The van der Waals surface area contributed by atoms with Crippen LogP contribution in [0.25, 0.3) is 0 Å². The molecule has 0 amide bonds. The minimum Gasteiger partial charge on any atom is -0.330 e. The van der Waals surface area contributed by atoms with E-state index in [2.05, 4.69) is 10.3 Å². The van der Waals surface area contributed by atoms with E-state index < -0.39 is 0 Å². The Labute approximate surface area is 83.1 Å². The van der Waals surface area contributed by atoms with Gasteiger partial charge in [0.2, 0.25) is 0 Å². The number of hydrogen-bond acceptors (Lipinski definition) is 3. The molecule has 0 unspecified atom stereocenters. The molecule has 1 aromatic rings. The van der Waals surface area contributed by atoms with Gasteiger partial charge in [-0.25, -0.2) is 4.98 Å². The van der Waals surface area contributed by atoms with Crippen molar-refractivity contribution >= 4 is 11.6 Å². The van der Waals surface area contributed by atoms with Crippen molar-refractivity contribution in [1.82, 2.24) is 14.9 Å². The van der Waals surface area contributed by atoms with E-state index >= 15 is 0 Å². The van der Waals surface area contributed by atoms with Gasteiger partial charge in [-0.15, -0.1) is 0 Å². The lowest BCUT2D eigenvalue weighted by molar-refractivity contribution is 0.618. The molecule has 0 aliphatic heterocycles. The van der Waals surface area contributed by atoms with Crippen molar-refractivity contribution in [3.8, 4) is 0 Å². The SMILES string of the molecule is Cn1c(Cl)cnc1CNCCCN. The van der Waals surface area contributed by atoms with Crippen molar-refractivity contribution in [1.29, 1.82) is 0 Å². The summed E-state index contributed by atoms with van der Waals surface area (Å²) in [5, 5.41) is 3.90. The summed E-state index contributed by atoms with van der Waals surface area (Å²) < 4.78 is 1.86. The monoisotopic (exact) mass is 202 g/mol. The number of imidazole rings is 1. The van der Waals surface area contributed by atoms with E-state index in [-0.39, 0.29) is 0 Å². The molecule has 0 spiro atoms. The first kappa shape index (κ1) is 10.5. The van der Waals surface area contributed by atoms with Gasteiger partial charge in [0.25, 0.3) is 0 Å². The quantitative estimate of drug-likeness (QED) is 0.685. The highest BCUT2D eigenvalue weighted by Crippen LogP contribution is 2.08. The number of rotatable bonds is 5. The Morgan fingerprint density at radius 3 is 3.00 bits per heavy atom. The molecular formula is C8H15ClN4. The fourth-order valence-electron chi connectivity index (χ4n) is 1.02. The van der Waals surface area contributed by atoms with Gasteiger partial charge in [-0.2, -0.15) is 0 Å². The lowest BCUT2D eigenvalue weighted by Crippen LogP contribution is -2.19. The van der Waals surface area contributed by atoms with Crippen LogP contribution in [0, 0.1) is 0 Å². The second-order valence-electron chi connectivity index (χ2n) is 2.88. The molecule has 0 saturated carbocycles. The maximum Gasteiger partial charge on any atom is 0.128 e. The lowest BCUT2D eigenvalue weighted by Gasteiger charge is -2.03. The minimum absolute atomic E-state index is 0.663. The lowest BCUT2D eigenvalue weighted by atomic mass is 10.4. The molecule has 74 valence electrons. The van der Waals surface area contributed by atoms with Crippen LogP contribution in [-0.2, 0) is 13.6 Å². The molecule has 1 heterocycles. The first-order valence-corrected chi connectivity index (χ1v) is 4.70. The predicted molar refractivity (Wildman–Crippen MR) is 53.6 cm³/mol. The van der Waals surface area contributed by atoms with Crippen molar-refractivity contribution in [2.24, 2.45) is 12.8 Å². The zero-order chi connectivity index (χ0) is 9.68. The summed E-state index contributed by atoms with van der Waals surface area (Å²) in [4.78, 5) is 4.15. The van der Waals surface area contributed by atoms with Crippen LogP contribution in [0.4, 0.5) is 0 Å². The van der Waals surface area contributed by atoms with Gasteiger partial charge in [-0.3, -0.25) is 0 Å². The van der Waals surface area contributed by atoms with Gasteiger partial charge >= 0.3 is 0 Å². The van der Waals surface area contributed by atoms with Crippen molar-refractivity contribution in [2.45, 2.75) is 13.0 Å². The maximum absolute atomic E-state index is 5.82. The minimum atomic E-state index is 0.663. The normalized spacial score (nSPS) is 10.7. The van der Waals surface area contributed by atoms with E-state index in [0.717, 1.165) is 25.3 Å². The van der Waals surface area contributed by atoms with Crippen molar-refractivity contribution < 1.29 is 0 Å². The van der Waals surface area contributed by atoms with Crippen LogP contribution in [0.15, 0.2) is 6.20 Å². The summed E-state index contributed by atoms with van der Waals surface area (Å²) >= 11 is 5.82. The predicted octanol–water partition coefficient (Wildman–Crippen LogP) is 0.512. The Hall–Kier alpha value is -0.580. The first-order chi connectivity index (χ1) is 6.25. The van der Waals surface area contributed by atoms with Gasteiger partial charge in [0.1, 0.15) is 11.0 Å². The van der Waals surface area contributed by atoms with Gasteiger partial charge in [0, 0.05) is 7.05 Å². The molecule has 0 bridgehead atoms. The maximum atomic E-state index is 5.82. The fraction of sp³-hybridized carbons (Fsp3) is 0.625. The van der Waals surface area contributed by atoms with Crippen molar-refractivity contribution in [2.75, 3.05) is 13.1 Å². The summed E-state index contributed by atoms with van der Waals surface area (Å²) in [6, 6.07) is 0. The number of hydrogen-bond donors (Lipinski definition) is 2. The molecule has 0 aromatic carbocycles. The number of nitrogens with one attached hydrogen (secondary N) is 1. The second-order valence-corrected chi connectivity index (χ2v) is 3.26. The Kier molecular flexibility index (Phi) is 4.21. The van der Waals surface area contributed by atoms with E-state index in [1.807, 2.05) is 11.6 Å². The van der Waals surface area contributed by atoms with Gasteiger partial charge in [0.15, 0.2) is 0 Å². The van der Waals surface area contributed by atoms with Crippen molar-refractivity contribution in [3.63, 3.8) is 0 Å². The molecule has 1 aromatic heterocycles. The van der Waals surface area contributed by atoms with Crippen molar-refractivity contribution in [3.05, 3.63) is 17.2 Å². The smallest absolute Gasteiger partial charge is 0.128 e. The molecule has 3 N–H and O–H groups in total. The number of aromatic nitrogens is 2. The topological polar surface area (TPSA) is 55.9 Å². The average Bonchev–Trinajstić information content (AvgIpc) is 2.43. The van der Waals surface area contributed by atoms with Gasteiger partial charge in [-0.1, -0.05) is 11.6 Å². The molecule has 0 aliphatic carbocycles. The Balaban J connectivity index is 2.32. The number of halogens is 1. The summed E-state index contributed by atoms with van der Waals surface area (Å²) in [7, 11) is 1.90. The third-order valence-electron chi connectivity index (χ3n) is 1.87. The molecule has 0 atom stereocenters. The fourth-order valence-corrected chi connectivity index (χ4v) is 1.16. The molecule has 0 saturated heterocycles. The molecule has 5 heteroatoms. The molecule has 4 nitrogen and oxygen atoms in total. The molecule has 13 heavy (non-hydrogen) atoms. The molecule has 0 radical (unpaired) electrons. The standard InChI is InChI=1S/C8H15ClN4/c1-13-7(9)5-12-8(13)6-11-4-2-3-10/h5,11H,2-4,6,10H2,1H3. The number of nitrogens with two attached hydrogens (primary N) is 1. The van der Waals surface area contributed by atoms with Crippen LogP contribution >= 0.6 is 11.6 Å². The van der Waals surface area contributed by atoms with Gasteiger partial charge in [0.05, 0.1) is 12.7 Å². The van der Waals surface area contributed by atoms with E-state index in [9.17, 15) is 0 Å².